The molecule has 1 atom stereocenters. The first-order valence-electron chi connectivity index (χ1n) is 5.21. The van der Waals surface area contributed by atoms with E-state index in [9.17, 15) is 4.39 Å². The molecule has 84 valence electrons. The van der Waals surface area contributed by atoms with Gasteiger partial charge in [-0.2, -0.15) is 0 Å². The Morgan fingerprint density at radius 1 is 1.25 bits per heavy atom. The predicted molar refractivity (Wildman–Crippen MR) is 61.0 cm³/mol. The second kappa shape index (κ2) is 4.83. The summed E-state index contributed by atoms with van der Waals surface area (Å²) in [4.78, 5) is 12.5. The van der Waals surface area contributed by atoms with Gasteiger partial charge in [0.1, 0.15) is 5.52 Å². The summed E-state index contributed by atoms with van der Waals surface area (Å²) >= 11 is 0. The number of hydrogen-bond donors (Lipinski definition) is 1. The average molecular weight is 220 g/mol. The first kappa shape index (κ1) is 10.7. The molecule has 0 aromatic carbocycles. The lowest BCUT2D eigenvalue weighted by Crippen LogP contribution is -2.08. The molecule has 4 nitrogen and oxygen atoms in total. The first-order chi connectivity index (χ1) is 7.77. The third-order valence-corrected chi connectivity index (χ3v) is 2.22. The molecule has 5 heteroatoms. The molecule has 0 fully saturated rings. The summed E-state index contributed by atoms with van der Waals surface area (Å²) in [6.45, 7) is 2.08. The Labute approximate surface area is 92.9 Å². The summed E-state index contributed by atoms with van der Waals surface area (Å²) < 4.78 is 12.6. The molecule has 0 bridgehead atoms. The minimum atomic E-state index is -0.812. The normalized spacial score (nSPS) is 12.6. The zero-order valence-corrected chi connectivity index (χ0v) is 9.02. The Morgan fingerprint density at radius 2 is 2.06 bits per heavy atom. The molecule has 0 aliphatic rings. The second-order valence-electron chi connectivity index (χ2n) is 3.58. The predicted octanol–water partition coefficient (Wildman–Crippen LogP) is 2.18. The van der Waals surface area contributed by atoms with Crippen LogP contribution in [-0.2, 0) is 0 Å². The molecule has 0 aliphatic heterocycles. The number of hydrogen-bond acceptors (Lipinski definition) is 4. The van der Waals surface area contributed by atoms with Gasteiger partial charge in [0.2, 0.25) is 0 Å². The van der Waals surface area contributed by atoms with Crippen LogP contribution in [0.3, 0.4) is 0 Å². The monoisotopic (exact) mass is 220 g/mol. The summed E-state index contributed by atoms with van der Waals surface area (Å²) in [6, 6.07) is 1.80. The molecule has 1 unspecified atom stereocenters. The molecule has 1 N–H and O–H groups in total. The molecule has 0 aliphatic carbocycles. The van der Waals surface area contributed by atoms with Crippen molar-refractivity contribution in [3.8, 4) is 0 Å². The number of fused-ring (bicyclic) bond motifs is 1. The molecular formula is C11H13FN4. The lowest BCUT2D eigenvalue weighted by atomic mass is 10.3. The Hall–Kier alpha value is -1.78. The van der Waals surface area contributed by atoms with E-state index in [4.69, 9.17) is 0 Å². The van der Waals surface area contributed by atoms with Gasteiger partial charge >= 0.3 is 0 Å². The molecule has 2 heterocycles. The van der Waals surface area contributed by atoms with E-state index in [1.165, 1.54) is 6.92 Å². The number of alkyl halides is 1. The average Bonchev–Trinajstić information content (AvgIpc) is 2.29. The fourth-order valence-electron chi connectivity index (χ4n) is 1.42. The van der Waals surface area contributed by atoms with Crippen LogP contribution < -0.4 is 5.32 Å². The van der Waals surface area contributed by atoms with Crippen molar-refractivity contribution in [1.82, 2.24) is 15.0 Å². The summed E-state index contributed by atoms with van der Waals surface area (Å²) in [5.74, 6) is 0.659. The van der Waals surface area contributed by atoms with Gasteiger partial charge in [0.25, 0.3) is 0 Å². The van der Waals surface area contributed by atoms with Crippen LogP contribution in [-0.4, -0.2) is 27.7 Å². The van der Waals surface area contributed by atoms with E-state index in [0.717, 1.165) is 11.0 Å². The van der Waals surface area contributed by atoms with Crippen LogP contribution in [0.5, 0.6) is 0 Å². The maximum absolute atomic E-state index is 12.6. The summed E-state index contributed by atoms with van der Waals surface area (Å²) in [5, 5.41) is 3.07. The van der Waals surface area contributed by atoms with Crippen molar-refractivity contribution in [1.29, 1.82) is 0 Å². The molecular weight excluding hydrogens is 207 g/mol. The molecule has 0 saturated carbocycles. The fourth-order valence-corrected chi connectivity index (χ4v) is 1.42. The minimum absolute atomic E-state index is 0.457. The van der Waals surface area contributed by atoms with Crippen molar-refractivity contribution in [3.05, 3.63) is 24.7 Å². The van der Waals surface area contributed by atoms with Crippen LogP contribution in [0.15, 0.2) is 24.7 Å². The van der Waals surface area contributed by atoms with Gasteiger partial charge in [0, 0.05) is 25.1 Å². The molecule has 16 heavy (non-hydrogen) atoms. The van der Waals surface area contributed by atoms with Crippen LogP contribution in [0, 0.1) is 0 Å². The zero-order chi connectivity index (χ0) is 11.4. The summed E-state index contributed by atoms with van der Waals surface area (Å²) in [6.07, 6.45) is 4.56. The van der Waals surface area contributed by atoms with Crippen LogP contribution >= 0.6 is 0 Å². The van der Waals surface area contributed by atoms with Crippen molar-refractivity contribution in [2.24, 2.45) is 0 Å². The van der Waals surface area contributed by atoms with Crippen molar-refractivity contribution in [2.45, 2.75) is 19.5 Å². The van der Waals surface area contributed by atoms with Crippen LogP contribution in [0.2, 0.25) is 0 Å². The van der Waals surface area contributed by atoms with Gasteiger partial charge in [-0.1, -0.05) is 0 Å². The van der Waals surface area contributed by atoms with E-state index < -0.39 is 6.17 Å². The largest absolute Gasteiger partial charge is 0.368 e. The Balaban J connectivity index is 2.17. The number of pyridine rings is 1. The molecule has 0 amide bonds. The Kier molecular flexibility index (Phi) is 3.24. The van der Waals surface area contributed by atoms with Crippen molar-refractivity contribution in [2.75, 3.05) is 11.9 Å². The van der Waals surface area contributed by atoms with Gasteiger partial charge in [-0.05, 0) is 19.4 Å². The van der Waals surface area contributed by atoms with Gasteiger partial charge < -0.3 is 5.32 Å². The minimum Gasteiger partial charge on any atom is -0.368 e. The lowest BCUT2D eigenvalue weighted by Gasteiger charge is -2.07. The molecule has 2 aromatic rings. The van der Waals surface area contributed by atoms with E-state index in [2.05, 4.69) is 20.3 Å². The van der Waals surface area contributed by atoms with Gasteiger partial charge in [-0.3, -0.25) is 4.98 Å². The third-order valence-electron chi connectivity index (χ3n) is 2.22. The third kappa shape index (κ3) is 2.42. The van der Waals surface area contributed by atoms with Crippen molar-refractivity contribution >= 4 is 16.9 Å². The highest BCUT2D eigenvalue weighted by Gasteiger charge is 2.04. The topological polar surface area (TPSA) is 50.7 Å². The number of nitrogens with one attached hydrogen (secondary N) is 1. The quantitative estimate of drug-likeness (QED) is 0.858. The summed E-state index contributed by atoms with van der Waals surface area (Å²) in [5.41, 5.74) is 1.50. The molecule has 0 radical (unpaired) electrons. The maximum atomic E-state index is 12.6. The standard InChI is InChI=1S/C11H13FN4/c1-8(12)2-4-15-11-10-9(3-5-16-11)13-6-7-14-10/h3,5-8H,2,4H2,1H3,(H,15,16). The van der Waals surface area contributed by atoms with E-state index in [-0.39, 0.29) is 0 Å². The first-order valence-corrected chi connectivity index (χ1v) is 5.21. The van der Waals surface area contributed by atoms with Crippen LogP contribution in [0.1, 0.15) is 13.3 Å². The van der Waals surface area contributed by atoms with E-state index in [1.54, 1.807) is 24.7 Å². The zero-order valence-electron chi connectivity index (χ0n) is 9.02. The summed E-state index contributed by atoms with van der Waals surface area (Å²) in [7, 11) is 0. The van der Waals surface area contributed by atoms with Gasteiger partial charge in [-0.25, -0.2) is 14.4 Å². The SMILES string of the molecule is CC(F)CCNc1nccc2nccnc12. The van der Waals surface area contributed by atoms with Crippen molar-refractivity contribution in [3.63, 3.8) is 0 Å². The highest BCUT2D eigenvalue weighted by molar-refractivity contribution is 5.84. The second-order valence-corrected chi connectivity index (χ2v) is 3.58. The number of halogens is 1. The van der Waals surface area contributed by atoms with E-state index >= 15 is 0 Å². The molecule has 2 aromatic heterocycles. The van der Waals surface area contributed by atoms with Crippen LogP contribution in [0.4, 0.5) is 10.2 Å². The van der Waals surface area contributed by atoms with Gasteiger partial charge in [0.05, 0.1) is 11.7 Å². The fraction of sp³-hybridized carbons (Fsp3) is 0.364. The number of anilines is 1. The molecule has 0 saturated heterocycles. The number of nitrogens with zero attached hydrogens (tertiary/aromatic N) is 3. The van der Waals surface area contributed by atoms with E-state index in [1.807, 2.05) is 0 Å². The number of rotatable bonds is 4. The molecule has 0 spiro atoms. The lowest BCUT2D eigenvalue weighted by molar-refractivity contribution is 0.348. The number of aromatic nitrogens is 3. The smallest absolute Gasteiger partial charge is 0.154 e. The van der Waals surface area contributed by atoms with Crippen LogP contribution in [0.25, 0.3) is 11.0 Å². The van der Waals surface area contributed by atoms with Gasteiger partial charge in [0.15, 0.2) is 5.82 Å². The molecule has 2 rings (SSSR count). The highest BCUT2D eigenvalue weighted by atomic mass is 19.1. The Morgan fingerprint density at radius 3 is 2.88 bits per heavy atom. The highest BCUT2D eigenvalue weighted by Crippen LogP contribution is 2.15. The maximum Gasteiger partial charge on any atom is 0.154 e. The van der Waals surface area contributed by atoms with Gasteiger partial charge in [-0.15, -0.1) is 0 Å². The Bertz CT molecular complexity index is 467. The van der Waals surface area contributed by atoms with E-state index in [0.29, 0.717) is 18.8 Å². The van der Waals surface area contributed by atoms with Crippen molar-refractivity contribution < 1.29 is 4.39 Å².